The number of para-hydroxylation sites is 2. The van der Waals surface area contributed by atoms with Crippen molar-refractivity contribution < 1.29 is 9.53 Å². The number of carbonyl (C=O) groups is 1. The van der Waals surface area contributed by atoms with Crippen LogP contribution in [0, 0.1) is 13.8 Å². The quantitative estimate of drug-likeness (QED) is 0.449. The maximum atomic E-state index is 12.6. The summed E-state index contributed by atoms with van der Waals surface area (Å²) in [5.41, 5.74) is 2.74. The molecule has 8 heteroatoms. The van der Waals surface area contributed by atoms with E-state index in [1.165, 1.54) is 11.3 Å². The molecule has 2 heterocycles. The third-order valence-electron chi connectivity index (χ3n) is 4.69. The van der Waals surface area contributed by atoms with Crippen LogP contribution in [0.5, 0.6) is 5.75 Å². The number of amides is 1. The minimum atomic E-state index is -0.121. The van der Waals surface area contributed by atoms with Crippen molar-refractivity contribution in [1.82, 2.24) is 19.9 Å². The number of nitrogens with one attached hydrogen (secondary N) is 1. The summed E-state index contributed by atoms with van der Waals surface area (Å²) in [6, 6.07) is 15.1. The Kier molecular flexibility index (Phi) is 6.01. The number of carbonyl (C=O) groups excluding carboxylic acids is 1. The number of nitrogens with zero attached hydrogens (tertiary/aromatic N) is 3. The van der Waals surface area contributed by atoms with E-state index in [4.69, 9.17) is 16.3 Å². The Balaban J connectivity index is 1.35. The number of rotatable bonds is 7. The zero-order valence-corrected chi connectivity index (χ0v) is 18.3. The van der Waals surface area contributed by atoms with Gasteiger partial charge >= 0.3 is 0 Å². The highest BCUT2D eigenvalue weighted by atomic mass is 35.5. The largest absolute Gasteiger partial charge is 0.486 e. The van der Waals surface area contributed by atoms with E-state index >= 15 is 0 Å². The summed E-state index contributed by atoms with van der Waals surface area (Å²) in [6.45, 7) is 5.28. The van der Waals surface area contributed by atoms with Crippen LogP contribution in [0.4, 0.5) is 0 Å². The summed E-state index contributed by atoms with van der Waals surface area (Å²) in [4.78, 5) is 22.3. The standard InChI is InChI=1S/C22H21ClN4O2S/c1-14-21(30-20(25-14)13-29-17-9-7-16(23)8-10-17)22(28)24-11-12-27-15(2)26-18-5-3-4-6-19(18)27/h3-10H,11-13H2,1-2H3,(H,24,28). The van der Waals surface area contributed by atoms with Crippen molar-refractivity contribution in [3.63, 3.8) is 0 Å². The fraction of sp³-hybridized carbons (Fsp3) is 0.227. The van der Waals surface area contributed by atoms with Gasteiger partial charge in [0.2, 0.25) is 0 Å². The van der Waals surface area contributed by atoms with Crippen LogP contribution in [0.2, 0.25) is 5.02 Å². The maximum absolute atomic E-state index is 12.6. The molecule has 1 amide bonds. The van der Waals surface area contributed by atoms with Gasteiger partial charge in [0.05, 0.1) is 16.7 Å². The molecule has 154 valence electrons. The van der Waals surface area contributed by atoms with Crippen molar-refractivity contribution in [3.05, 3.63) is 75.0 Å². The van der Waals surface area contributed by atoms with Gasteiger partial charge in [-0.2, -0.15) is 0 Å². The summed E-state index contributed by atoms with van der Waals surface area (Å²) in [5, 5.41) is 4.40. The molecule has 0 aliphatic heterocycles. The molecule has 0 spiro atoms. The van der Waals surface area contributed by atoms with E-state index in [0.29, 0.717) is 41.0 Å². The van der Waals surface area contributed by atoms with E-state index in [-0.39, 0.29) is 5.91 Å². The molecular weight excluding hydrogens is 420 g/mol. The number of thiazole rings is 1. The second kappa shape index (κ2) is 8.85. The molecule has 0 aliphatic carbocycles. The lowest BCUT2D eigenvalue weighted by molar-refractivity contribution is 0.0955. The van der Waals surface area contributed by atoms with Crippen molar-refractivity contribution in [3.8, 4) is 5.75 Å². The van der Waals surface area contributed by atoms with E-state index < -0.39 is 0 Å². The number of imidazole rings is 1. The Labute approximate surface area is 183 Å². The Bertz CT molecular complexity index is 1180. The van der Waals surface area contributed by atoms with E-state index in [1.54, 1.807) is 24.3 Å². The summed E-state index contributed by atoms with van der Waals surface area (Å²) < 4.78 is 7.84. The Morgan fingerprint density at radius 2 is 1.90 bits per heavy atom. The van der Waals surface area contributed by atoms with Crippen molar-refractivity contribution in [2.45, 2.75) is 27.0 Å². The Hall–Kier alpha value is -2.90. The van der Waals surface area contributed by atoms with Crippen LogP contribution in [0.3, 0.4) is 0 Å². The predicted octanol–water partition coefficient (Wildman–Crippen LogP) is 4.77. The molecule has 0 aliphatic rings. The number of ether oxygens (including phenoxy) is 1. The lowest BCUT2D eigenvalue weighted by Crippen LogP contribution is -2.27. The molecule has 30 heavy (non-hydrogen) atoms. The van der Waals surface area contributed by atoms with Gasteiger partial charge in [0.1, 0.15) is 28.1 Å². The van der Waals surface area contributed by atoms with Crippen molar-refractivity contribution in [2.75, 3.05) is 6.54 Å². The normalized spacial score (nSPS) is 11.0. The number of aromatic nitrogens is 3. The van der Waals surface area contributed by atoms with Gasteiger partial charge in [0.15, 0.2) is 0 Å². The van der Waals surface area contributed by atoms with E-state index in [9.17, 15) is 4.79 Å². The zero-order valence-electron chi connectivity index (χ0n) is 16.7. The fourth-order valence-corrected chi connectivity index (χ4v) is 4.26. The number of fused-ring (bicyclic) bond motifs is 1. The summed E-state index contributed by atoms with van der Waals surface area (Å²) in [6.07, 6.45) is 0. The van der Waals surface area contributed by atoms with Crippen LogP contribution in [0.15, 0.2) is 48.5 Å². The first kappa shape index (κ1) is 20.4. The lowest BCUT2D eigenvalue weighted by Gasteiger charge is -2.08. The number of halogens is 1. The molecule has 0 fully saturated rings. The van der Waals surface area contributed by atoms with Crippen LogP contribution in [-0.2, 0) is 13.2 Å². The molecule has 4 aromatic rings. The molecule has 0 bridgehead atoms. The molecule has 0 atom stereocenters. The second-order valence-corrected chi connectivity index (χ2v) is 8.34. The minimum absolute atomic E-state index is 0.121. The van der Waals surface area contributed by atoms with Crippen LogP contribution in [0.1, 0.15) is 26.2 Å². The van der Waals surface area contributed by atoms with Gasteiger partial charge in [-0.05, 0) is 50.2 Å². The fourth-order valence-electron chi connectivity index (χ4n) is 3.24. The van der Waals surface area contributed by atoms with Crippen molar-refractivity contribution in [1.29, 1.82) is 0 Å². The van der Waals surface area contributed by atoms with Gasteiger partial charge in [-0.15, -0.1) is 11.3 Å². The van der Waals surface area contributed by atoms with Crippen molar-refractivity contribution in [2.24, 2.45) is 0 Å². The van der Waals surface area contributed by atoms with Gasteiger partial charge < -0.3 is 14.6 Å². The van der Waals surface area contributed by atoms with Crippen molar-refractivity contribution >= 4 is 39.9 Å². The van der Waals surface area contributed by atoms with Crippen LogP contribution in [0.25, 0.3) is 11.0 Å². The maximum Gasteiger partial charge on any atom is 0.263 e. The average Bonchev–Trinajstić information content (AvgIpc) is 3.27. The Morgan fingerprint density at radius 3 is 2.70 bits per heavy atom. The first-order valence-corrected chi connectivity index (χ1v) is 10.8. The molecule has 6 nitrogen and oxygen atoms in total. The first-order valence-electron chi connectivity index (χ1n) is 9.56. The molecule has 1 N–H and O–H groups in total. The highest BCUT2D eigenvalue weighted by Crippen LogP contribution is 2.21. The van der Waals surface area contributed by atoms with Gasteiger partial charge in [-0.1, -0.05) is 23.7 Å². The van der Waals surface area contributed by atoms with Crippen LogP contribution in [-0.4, -0.2) is 27.0 Å². The summed E-state index contributed by atoms with van der Waals surface area (Å²) in [7, 11) is 0. The number of benzene rings is 2. The number of hydrogen-bond acceptors (Lipinski definition) is 5. The molecule has 0 saturated carbocycles. The SMILES string of the molecule is Cc1nc(COc2ccc(Cl)cc2)sc1C(=O)NCCn1c(C)nc2ccccc21. The van der Waals surface area contributed by atoms with Gasteiger partial charge in [0.25, 0.3) is 5.91 Å². The number of aryl methyl sites for hydroxylation is 2. The molecule has 2 aromatic carbocycles. The molecule has 0 radical (unpaired) electrons. The highest BCUT2D eigenvalue weighted by Gasteiger charge is 2.16. The molecule has 0 unspecified atom stereocenters. The minimum Gasteiger partial charge on any atom is -0.486 e. The molecule has 4 rings (SSSR count). The zero-order chi connectivity index (χ0) is 21.1. The molecule has 0 saturated heterocycles. The second-order valence-electron chi connectivity index (χ2n) is 6.82. The van der Waals surface area contributed by atoms with Gasteiger partial charge in [-0.25, -0.2) is 9.97 Å². The third-order valence-corrected chi connectivity index (χ3v) is 6.07. The third kappa shape index (κ3) is 4.47. The van der Waals surface area contributed by atoms with Crippen LogP contribution >= 0.6 is 22.9 Å². The topological polar surface area (TPSA) is 69.0 Å². The van der Waals surface area contributed by atoms with E-state index in [0.717, 1.165) is 21.9 Å². The van der Waals surface area contributed by atoms with E-state index in [2.05, 4.69) is 19.9 Å². The van der Waals surface area contributed by atoms with E-state index in [1.807, 2.05) is 38.1 Å². The summed E-state index contributed by atoms with van der Waals surface area (Å²) >= 11 is 7.23. The monoisotopic (exact) mass is 440 g/mol. The lowest BCUT2D eigenvalue weighted by atomic mass is 10.3. The predicted molar refractivity (Wildman–Crippen MR) is 119 cm³/mol. The molecular formula is C22H21ClN4O2S. The Morgan fingerprint density at radius 1 is 1.13 bits per heavy atom. The van der Waals surface area contributed by atoms with Gasteiger partial charge in [-0.3, -0.25) is 4.79 Å². The smallest absolute Gasteiger partial charge is 0.263 e. The first-order chi connectivity index (χ1) is 14.5. The number of hydrogen-bond donors (Lipinski definition) is 1. The average molecular weight is 441 g/mol. The highest BCUT2D eigenvalue weighted by molar-refractivity contribution is 7.13. The molecule has 2 aromatic heterocycles. The van der Waals surface area contributed by atoms with Crippen LogP contribution < -0.4 is 10.1 Å². The summed E-state index contributed by atoms with van der Waals surface area (Å²) in [5.74, 6) is 1.52. The van der Waals surface area contributed by atoms with Gasteiger partial charge in [0, 0.05) is 18.1 Å².